The minimum Gasteiger partial charge on any atom is -0.477 e. The summed E-state index contributed by atoms with van der Waals surface area (Å²) in [6.07, 6.45) is 1.89. The molecule has 0 saturated carbocycles. The summed E-state index contributed by atoms with van der Waals surface area (Å²) in [5, 5.41) is 12.9. The molecule has 3 heterocycles. The number of nitrogens with zero attached hydrogens (tertiary/aromatic N) is 2. The molecule has 38 heavy (non-hydrogen) atoms. The van der Waals surface area contributed by atoms with Gasteiger partial charge in [0.15, 0.2) is 0 Å². The van der Waals surface area contributed by atoms with Crippen LogP contribution in [-0.4, -0.2) is 46.3 Å². The predicted octanol–water partition coefficient (Wildman–Crippen LogP) is 3.90. The number of aromatic nitrogens is 1. The Labute approximate surface area is 216 Å². The third-order valence-electron chi connectivity index (χ3n) is 6.78. The van der Waals surface area contributed by atoms with Crippen molar-refractivity contribution in [2.45, 2.75) is 12.6 Å². The third-order valence-corrected chi connectivity index (χ3v) is 6.78. The van der Waals surface area contributed by atoms with Gasteiger partial charge >= 0.3 is 5.97 Å². The van der Waals surface area contributed by atoms with Gasteiger partial charge in [0.05, 0.1) is 11.4 Å². The van der Waals surface area contributed by atoms with Crippen LogP contribution in [0.25, 0.3) is 17.0 Å². The quantitative estimate of drug-likeness (QED) is 0.355. The number of hydrogen-bond acceptors (Lipinski definition) is 4. The van der Waals surface area contributed by atoms with E-state index in [0.717, 1.165) is 5.56 Å². The lowest BCUT2D eigenvalue weighted by Crippen LogP contribution is -2.46. The predicted molar refractivity (Wildman–Crippen MR) is 141 cm³/mol. The van der Waals surface area contributed by atoms with E-state index in [9.17, 15) is 23.9 Å². The van der Waals surface area contributed by atoms with Gasteiger partial charge in [-0.2, -0.15) is 0 Å². The number of carbonyl (C=O) groups is 3. The molecule has 4 aromatic rings. The Morgan fingerprint density at radius 1 is 1.05 bits per heavy atom. The van der Waals surface area contributed by atoms with Crippen LogP contribution in [0.5, 0.6) is 0 Å². The molecule has 1 atom stereocenters. The van der Waals surface area contributed by atoms with Crippen molar-refractivity contribution >= 4 is 46.2 Å². The van der Waals surface area contributed by atoms with E-state index in [0.29, 0.717) is 40.7 Å². The Hall–Kier alpha value is -5.05. The maximum Gasteiger partial charge on any atom is 0.352 e. The van der Waals surface area contributed by atoms with Crippen LogP contribution in [0, 0.1) is 5.82 Å². The molecule has 0 radical (unpaired) electrons. The highest BCUT2D eigenvalue weighted by Gasteiger charge is 2.37. The highest BCUT2D eigenvalue weighted by Crippen LogP contribution is 2.36. The number of carbonyl (C=O) groups excluding carboxylic acids is 2. The monoisotopic (exact) mass is 508 g/mol. The van der Waals surface area contributed by atoms with Crippen LogP contribution in [0.1, 0.15) is 32.7 Å². The number of aromatic carboxylic acids is 1. The van der Waals surface area contributed by atoms with Crippen LogP contribution < -0.4 is 10.2 Å². The lowest BCUT2D eigenvalue weighted by Gasteiger charge is -2.20. The van der Waals surface area contributed by atoms with Gasteiger partial charge in [-0.15, -0.1) is 0 Å². The van der Waals surface area contributed by atoms with Gasteiger partial charge in [-0.25, -0.2) is 14.2 Å². The Morgan fingerprint density at radius 3 is 2.63 bits per heavy atom. The van der Waals surface area contributed by atoms with Gasteiger partial charge in [-0.1, -0.05) is 48.5 Å². The van der Waals surface area contributed by atoms with Gasteiger partial charge in [-0.05, 0) is 36.3 Å². The second-order valence-corrected chi connectivity index (χ2v) is 9.02. The van der Waals surface area contributed by atoms with Crippen LogP contribution in [0.4, 0.5) is 10.1 Å². The molecule has 0 saturated heterocycles. The summed E-state index contributed by atoms with van der Waals surface area (Å²) < 4.78 is 14.9. The first kappa shape index (κ1) is 23.4. The number of anilines is 1. The van der Waals surface area contributed by atoms with Crippen molar-refractivity contribution in [3.63, 3.8) is 0 Å². The molecule has 1 aromatic heterocycles. The molecule has 0 fully saturated rings. The van der Waals surface area contributed by atoms with Gasteiger partial charge in [-0.3, -0.25) is 9.59 Å². The molecule has 3 aromatic carbocycles. The van der Waals surface area contributed by atoms with Gasteiger partial charge in [0.25, 0.3) is 5.91 Å². The molecule has 0 bridgehead atoms. The summed E-state index contributed by atoms with van der Waals surface area (Å²) >= 11 is 0. The van der Waals surface area contributed by atoms with Crippen molar-refractivity contribution in [1.29, 1.82) is 0 Å². The fourth-order valence-electron chi connectivity index (χ4n) is 5.08. The largest absolute Gasteiger partial charge is 0.477 e. The van der Waals surface area contributed by atoms with E-state index >= 15 is 0 Å². The molecule has 9 heteroatoms. The van der Waals surface area contributed by atoms with E-state index < -0.39 is 29.8 Å². The fraction of sp³-hybridized carbons (Fsp3) is 0.103. The molecule has 2 aliphatic heterocycles. The van der Waals surface area contributed by atoms with E-state index in [4.69, 9.17) is 0 Å². The van der Waals surface area contributed by atoms with Crippen LogP contribution in [0.2, 0.25) is 0 Å². The zero-order chi connectivity index (χ0) is 26.4. The summed E-state index contributed by atoms with van der Waals surface area (Å²) in [5.74, 6) is -2.73. The average molecular weight is 509 g/mol. The smallest absolute Gasteiger partial charge is 0.352 e. The minimum atomic E-state index is -1.30. The molecule has 188 valence electrons. The number of carboxylic acids is 1. The SMILES string of the molecule is O=C(C=Cc1c(C(=O)O)[nH]c2ccccc12)NC1N=C(c2ccccc2F)c2cccc3c2N(CC3)C1=O. The second-order valence-electron chi connectivity index (χ2n) is 9.02. The lowest BCUT2D eigenvalue weighted by atomic mass is 9.98. The summed E-state index contributed by atoms with van der Waals surface area (Å²) in [6, 6.07) is 18.8. The molecule has 2 amide bonds. The number of fused-ring (bicyclic) bond motifs is 1. The normalized spacial score (nSPS) is 16.4. The average Bonchev–Trinajstić information content (AvgIpc) is 3.49. The van der Waals surface area contributed by atoms with Crippen molar-refractivity contribution < 1.29 is 23.9 Å². The molecule has 6 rings (SSSR count). The fourth-order valence-corrected chi connectivity index (χ4v) is 5.08. The standard InChI is InChI=1S/C29H21FN4O4/c30-21-10-3-1-8-19(21)24-20-9-5-6-16-14-15-34(26(16)20)28(36)27(33-24)32-23(35)13-12-18-17-7-2-4-11-22(17)31-25(18)29(37)38/h1-13,27,31H,14-15H2,(H,32,35)(H,37,38). The lowest BCUT2D eigenvalue weighted by molar-refractivity contribution is -0.125. The number of para-hydroxylation sites is 2. The highest BCUT2D eigenvalue weighted by molar-refractivity contribution is 6.21. The number of halogens is 1. The number of carboxylic acid groups (broad SMARTS) is 1. The molecule has 8 nitrogen and oxygen atoms in total. The molecule has 0 aliphatic carbocycles. The van der Waals surface area contributed by atoms with Gasteiger partial charge in [0, 0.05) is 40.2 Å². The Balaban J connectivity index is 1.38. The number of hydrogen-bond donors (Lipinski definition) is 3. The zero-order valence-electron chi connectivity index (χ0n) is 19.9. The summed E-state index contributed by atoms with van der Waals surface area (Å²) in [7, 11) is 0. The first-order chi connectivity index (χ1) is 18.4. The number of aliphatic imine (C=N–C) groups is 1. The van der Waals surface area contributed by atoms with Gasteiger partial charge < -0.3 is 20.3 Å². The third kappa shape index (κ3) is 3.85. The molecular formula is C29H21FN4O4. The van der Waals surface area contributed by atoms with E-state index in [1.54, 1.807) is 53.4 Å². The van der Waals surface area contributed by atoms with Crippen molar-refractivity contribution in [2.24, 2.45) is 4.99 Å². The summed E-state index contributed by atoms with van der Waals surface area (Å²) in [5.41, 5.74) is 3.65. The molecule has 0 spiro atoms. The number of nitrogens with one attached hydrogen (secondary N) is 2. The van der Waals surface area contributed by atoms with Gasteiger partial charge in [0.1, 0.15) is 11.5 Å². The Kier molecular flexibility index (Phi) is 5.60. The van der Waals surface area contributed by atoms with Crippen LogP contribution in [0.3, 0.4) is 0 Å². The summed E-state index contributed by atoms with van der Waals surface area (Å²) in [6.45, 7) is 0.421. The molecule has 3 N–H and O–H groups in total. The topological polar surface area (TPSA) is 115 Å². The number of aromatic amines is 1. The van der Waals surface area contributed by atoms with Crippen molar-refractivity contribution in [2.75, 3.05) is 11.4 Å². The van der Waals surface area contributed by atoms with Crippen LogP contribution in [0.15, 0.2) is 77.8 Å². The van der Waals surface area contributed by atoms with Crippen molar-refractivity contribution in [1.82, 2.24) is 10.3 Å². The van der Waals surface area contributed by atoms with E-state index in [-0.39, 0.29) is 17.0 Å². The minimum absolute atomic E-state index is 0.0549. The van der Waals surface area contributed by atoms with E-state index in [1.807, 2.05) is 12.1 Å². The Bertz CT molecular complexity index is 1700. The maximum absolute atomic E-state index is 14.9. The number of amides is 2. The molecule has 2 aliphatic rings. The first-order valence-corrected chi connectivity index (χ1v) is 12.0. The zero-order valence-corrected chi connectivity index (χ0v) is 19.9. The number of H-pyrrole nitrogens is 1. The number of benzene rings is 3. The van der Waals surface area contributed by atoms with E-state index in [1.165, 1.54) is 18.2 Å². The maximum atomic E-state index is 14.9. The molecular weight excluding hydrogens is 487 g/mol. The highest BCUT2D eigenvalue weighted by atomic mass is 19.1. The van der Waals surface area contributed by atoms with Crippen LogP contribution in [-0.2, 0) is 16.0 Å². The Morgan fingerprint density at radius 2 is 1.82 bits per heavy atom. The first-order valence-electron chi connectivity index (χ1n) is 12.0. The van der Waals surface area contributed by atoms with Crippen molar-refractivity contribution in [3.05, 3.63) is 107 Å². The van der Waals surface area contributed by atoms with Gasteiger partial charge in [0.2, 0.25) is 12.1 Å². The number of rotatable bonds is 5. The molecule has 1 unspecified atom stereocenters. The van der Waals surface area contributed by atoms with Crippen LogP contribution >= 0.6 is 0 Å². The van der Waals surface area contributed by atoms with E-state index in [2.05, 4.69) is 15.3 Å². The second kappa shape index (κ2) is 9.11. The van der Waals surface area contributed by atoms with Crippen molar-refractivity contribution in [3.8, 4) is 0 Å². The summed E-state index contributed by atoms with van der Waals surface area (Å²) in [4.78, 5) is 47.3.